The molecule has 0 aromatic rings. The van der Waals surface area contributed by atoms with Crippen molar-refractivity contribution in [2.24, 2.45) is 0 Å². The fraction of sp³-hybridized carbons (Fsp3) is 0.727. The molecular weight excluding hydrogens is 196 g/mol. The molecule has 2 N–H and O–H groups in total. The van der Waals surface area contributed by atoms with Gasteiger partial charge in [-0.25, -0.2) is 0 Å². The molecule has 0 aliphatic rings. The first-order valence-corrected chi connectivity index (χ1v) is 5.06. The molecule has 3 radical (unpaired) electrons. The summed E-state index contributed by atoms with van der Waals surface area (Å²) in [4.78, 5) is 20.3. The third-order valence-electron chi connectivity index (χ3n) is 2.03. The van der Waals surface area contributed by atoms with E-state index in [0.29, 0.717) is 0 Å². The second-order valence-corrected chi connectivity index (χ2v) is 3.41. The van der Waals surface area contributed by atoms with E-state index in [9.17, 15) is 9.59 Å². The zero-order chi connectivity index (χ0) is 10.8. The molecule has 4 heteroatoms. The predicted molar refractivity (Wildman–Crippen MR) is 56.5 cm³/mol. The smallest absolute Gasteiger partial charge is 0.303 e. The molecule has 0 saturated carbocycles. The van der Waals surface area contributed by atoms with Crippen LogP contribution in [0, 0.1) is 7.43 Å². The lowest BCUT2D eigenvalue weighted by Crippen LogP contribution is -1.94. The maximum absolute atomic E-state index is 10.1. The molecule has 0 spiro atoms. The van der Waals surface area contributed by atoms with Crippen LogP contribution in [0.5, 0.6) is 0 Å². The van der Waals surface area contributed by atoms with Crippen molar-refractivity contribution >= 4 is 11.9 Å². The second-order valence-electron chi connectivity index (χ2n) is 3.41. The van der Waals surface area contributed by atoms with Gasteiger partial charge in [0.05, 0.1) is 0 Å². The van der Waals surface area contributed by atoms with E-state index in [1.165, 1.54) is 0 Å². The molecule has 0 heterocycles. The normalized spacial score (nSPS) is 9.33. The van der Waals surface area contributed by atoms with Crippen LogP contribution < -0.4 is 0 Å². The molecular formula is C11H19O4. The highest BCUT2D eigenvalue weighted by atomic mass is 16.4. The number of carboxylic acid groups (broad SMARTS) is 2. The standard InChI is InChI=1S/C10H18O4.CH/c11-9(12)7-5-3-1-2-4-6-8-10(13)14;/h1-8H2,(H,11,12)(H,13,14);1H. The summed E-state index contributed by atoms with van der Waals surface area (Å²) < 4.78 is 0. The van der Waals surface area contributed by atoms with Gasteiger partial charge in [-0.2, -0.15) is 0 Å². The summed E-state index contributed by atoms with van der Waals surface area (Å²) in [6, 6.07) is 0. The Labute approximate surface area is 91.3 Å². The molecule has 0 aliphatic heterocycles. The van der Waals surface area contributed by atoms with E-state index >= 15 is 0 Å². The van der Waals surface area contributed by atoms with Gasteiger partial charge in [-0.3, -0.25) is 9.59 Å². The Kier molecular flexibility index (Phi) is 12.0. The van der Waals surface area contributed by atoms with Crippen LogP contribution >= 0.6 is 0 Å². The summed E-state index contributed by atoms with van der Waals surface area (Å²) in [6.45, 7) is 0. The van der Waals surface area contributed by atoms with Crippen molar-refractivity contribution in [2.75, 3.05) is 0 Å². The van der Waals surface area contributed by atoms with Crippen LogP contribution in [-0.4, -0.2) is 22.2 Å². The summed E-state index contributed by atoms with van der Waals surface area (Å²) >= 11 is 0. The molecule has 0 rings (SSSR count). The number of rotatable bonds is 9. The molecule has 0 aromatic heterocycles. The van der Waals surface area contributed by atoms with Gasteiger partial charge >= 0.3 is 11.9 Å². The van der Waals surface area contributed by atoms with E-state index in [4.69, 9.17) is 10.2 Å². The van der Waals surface area contributed by atoms with Crippen molar-refractivity contribution in [3.63, 3.8) is 0 Å². The predicted octanol–water partition coefficient (Wildman–Crippen LogP) is 2.48. The average molecular weight is 215 g/mol. The summed E-state index contributed by atoms with van der Waals surface area (Å²) in [7, 11) is 0. The summed E-state index contributed by atoms with van der Waals surface area (Å²) in [5.41, 5.74) is 0. The third-order valence-corrected chi connectivity index (χ3v) is 2.03. The number of hydrogen-bond donors (Lipinski definition) is 2. The van der Waals surface area contributed by atoms with Crippen molar-refractivity contribution < 1.29 is 19.8 Å². The summed E-state index contributed by atoms with van der Waals surface area (Å²) in [5.74, 6) is -1.48. The number of hydrogen-bond acceptors (Lipinski definition) is 2. The highest BCUT2D eigenvalue weighted by Gasteiger charge is 1.98. The number of carboxylic acids is 2. The quantitative estimate of drug-likeness (QED) is 0.579. The van der Waals surface area contributed by atoms with Crippen LogP contribution in [0.4, 0.5) is 0 Å². The van der Waals surface area contributed by atoms with E-state index in [2.05, 4.69) is 0 Å². The van der Waals surface area contributed by atoms with Crippen molar-refractivity contribution in [3.05, 3.63) is 7.43 Å². The molecule has 0 bridgehead atoms. The molecule has 0 atom stereocenters. The average Bonchev–Trinajstić information content (AvgIpc) is 2.08. The Bertz CT molecular complexity index is 157. The SMILES string of the molecule is O=C(O)CCCCCCCCC(=O)O.[CH]. The van der Waals surface area contributed by atoms with E-state index < -0.39 is 11.9 Å². The van der Waals surface area contributed by atoms with Gasteiger partial charge in [-0.1, -0.05) is 25.7 Å². The van der Waals surface area contributed by atoms with Crippen LogP contribution in [0.1, 0.15) is 51.4 Å². The van der Waals surface area contributed by atoms with Crippen LogP contribution in [-0.2, 0) is 9.59 Å². The Morgan fingerprint density at radius 1 is 0.667 bits per heavy atom. The minimum atomic E-state index is -0.740. The third kappa shape index (κ3) is 15.7. The highest BCUT2D eigenvalue weighted by molar-refractivity contribution is 5.66. The fourth-order valence-electron chi connectivity index (χ4n) is 1.26. The van der Waals surface area contributed by atoms with E-state index in [0.717, 1.165) is 38.5 Å². The highest BCUT2D eigenvalue weighted by Crippen LogP contribution is 2.08. The van der Waals surface area contributed by atoms with E-state index in [1.807, 2.05) is 0 Å². The number of unbranched alkanes of at least 4 members (excludes halogenated alkanes) is 5. The van der Waals surface area contributed by atoms with Gasteiger partial charge in [0.1, 0.15) is 0 Å². The largest absolute Gasteiger partial charge is 0.481 e. The molecule has 0 amide bonds. The first-order valence-electron chi connectivity index (χ1n) is 5.06. The molecule has 0 saturated heterocycles. The van der Waals surface area contributed by atoms with Crippen LogP contribution in [0.2, 0.25) is 0 Å². The van der Waals surface area contributed by atoms with Gasteiger partial charge in [-0.05, 0) is 20.3 Å². The van der Waals surface area contributed by atoms with Gasteiger partial charge < -0.3 is 10.2 Å². The lowest BCUT2D eigenvalue weighted by Gasteiger charge is -1.98. The zero-order valence-electron chi connectivity index (χ0n) is 8.95. The Morgan fingerprint density at radius 2 is 0.933 bits per heavy atom. The Hall–Kier alpha value is -1.06. The van der Waals surface area contributed by atoms with Crippen molar-refractivity contribution in [1.82, 2.24) is 0 Å². The zero-order valence-corrected chi connectivity index (χ0v) is 8.95. The molecule has 4 nitrogen and oxygen atoms in total. The van der Waals surface area contributed by atoms with Gasteiger partial charge in [-0.15, -0.1) is 0 Å². The molecule has 15 heavy (non-hydrogen) atoms. The molecule has 0 fully saturated rings. The van der Waals surface area contributed by atoms with Crippen molar-refractivity contribution in [2.45, 2.75) is 51.4 Å². The van der Waals surface area contributed by atoms with Gasteiger partial charge in [0.25, 0.3) is 0 Å². The van der Waals surface area contributed by atoms with Gasteiger partial charge in [0, 0.05) is 12.8 Å². The monoisotopic (exact) mass is 215 g/mol. The van der Waals surface area contributed by atoms with Crippen molar-refractivity contribution in [1.29, 1.82) is 0 Å². The minimum absolute atomic E-state index is 0. The first-order chi connectivity index (χ1) is 6.63. The van der Waals surface area contributed by atoms with Gasteiger partial charge in [0.2, 0.25) is 0 Å². The fourth-order valence-corrected chi connectivity index (χ4v) is 1.26. The Balaban J connectivity index is 0. The molecule has 87 valence electrons. The number of aliphatic carboxylic acids is 2. The van der Waals surface area contributed by atoms with E-state index in [1.54, 1.807) is 0 Å². The molecule has 0 aromatic carbocycles. The summed E-state index contributed by atoms with van der Waals surface area (Å²) in [6.07, 6.45) is 5.82. The van der Waals surface area contributed by atoms with Crippen LogP contribution in [0.15, 0.2) is 0 Å². The van der Waals surface area contributed by atoms with Gasteiger partial charge in [0.15, 0.2) is 0 Å². The lowest BCUT2D eigenvalue weighted by atomic mass is 10.1. The maximum Gasteiger partial charge on any atom is 0.303 e. The summed E-state index contributed by atoms with van der Waals surface area (Å²) in [5, 5.41) is 16.7. The number of carbonyl (C=O) groups is 2. The minimum Gasteiger partial charge on any atom is -0.481 e. The molecule has 0 unspecified atom stereocenters. The van der Waals surface area contributed by atoms with Crippen LogP contribution in [0.3, 0.4) is 0 Å². The topological polar surface area (TPSA) is 74.6 Å². The lowest BCUT2D eigenvalue weighted by molar-refractivity contribution is -0.138. The van der Waals surface area contributed by atoms with Crippen LogP contribution in [0.25, 0.3) is 0 Å². The maximum atomic E-state index is 10.1. The first kappa shape index (κ1) is 16.4. The van der Waals surface area contributed by atoms with E-state index in [-0.39, 0.29) is 20.3 Å². The van der Waals surface area contributed by atoms with Crippen molar-refractivity contribution in [3.8, 4) is 0 Å². The molecule has 0 aliphatic carbocycles. The Morgan fingerprint density at radius 3 is 1.20 bits per heavy atom. The second kappa shape index (κ2) is 11.0.